The number of nitrogens with zero attached hydrogens (tertiary/aromatic N) is 4. The lowest BCUT2D eigenvalue weighted by molar-refractivity contribution is -0.123. The first-order valence-corrected chi connectivity index (χ1v) is 11.6. The number of benzene rings is 2. The van der Waals surface area contributed by atoms with Crippen LogP contribution in [-0.2, 0) is 4.79 Å². The summed E-state index contributed by atoms with van der Waals surface area (Å²) in [4.78, 5) is 57.2. The summed E-state index contributed by atoms with van der Waals surface area (Å²) >= 11 is 0. The van der Waals surface area contributed by atoms with Gasteiger partial charge in [0.1, 0.15) is 11.3 Å². The first kappa shape index (κ1) is 24.0. The van der Waals surface area contributed by atoms with E-state index in [9.17, 15) is 14.4 Å². The third-order valence-electron chi connectivity index (χ3n) is 5.83. The van der Waals surface area contributed by atoms with Crippen molar-refractivity contribution in [3.8, 4) is 5.75 Å². The Balaban J connectivity index is 1.70. The SMILES string of the molecule is Cc1ccc2[nH]c(=O)c3nc[nH]c3c(=O)[nH]c3nc4ccc(OCC(=O)NCCN(C)C)cc4n3c2c1. The molecule has 0 saturated heterocycles. The number of fused-ring (bicyclic) bond motifs is 6. The second-order valence-corrected chi connectivity index (χ2v) is 8.92. The van der Waals surface area contributed by atoms with E-state index in [1.165, 1.54) is 6.33 Å². The van der Waals surface area contributed by atoms with Crippen LogP contribution in [-0.4, -0.2) is 73.9 Å². The monoisotopic (exact) mass is 502 g/mol. The third kappa shape index (κ3) is 4.86. The van der Waals surface area contributed by atoms with E-state index < -0.39 is 11.1 Å². The molecule has 3 aromatic heterocycles. The minimum absolute atomic E-state index is 0.0202. The van der Waals surface area contributed by atoms with Gasteiger partial charge in [-0.15, -0.1) is 0 Å². The van der Waals surface area contributed by atoms with Crippen LogP contribution in [0.1, 0.15) is 5.56 Å². The molecule has 0 saturated carbocycles. The molecule has 37 heavy (non-hydrogen) atoms. The molecule has 12 nitrogen and oxygen atoms in total. The number of rotatable bonds is 6. The number of hydrogen-bond donors (Lipinski definition) is 4. The molecular formula is C25H26N8O4. The molecule has 5 aromatic rings. The number of H-pyrrole nitrogens is 3. The number of carbonyl (C=O) groups is 1. The van der Waals surface area contributed by atoms with Gasteiger partial charge in [0.15, 0.2) is 12.1 Å². The average Bonchev–Trinajstić information content (AvgIpc) is 3.48. The molecule has 3 heterocycles. The predicted octanol–water partition coefficient (Wildman–Crippen LogP) is 1.38. The number of likely N-dealkylation sites (N-methyl/N-ethyl adjacent to an activating group) is 1. The normalized spacial score (nSPS) is 11.5. The van der Waals surface area contributed by atoms with E-state index in [4.69, 9.17) is 4.74 Å². The highest BCUT2D eigenvalue weighted by Gasteiger charge is 2.12. The van der Waals surface area contributed by atoms with Gasteiger partial charge in [0.25, 0.3) is 17.0 Å². The van der Waals surface area contributed by atoms with Crippen molar-refractivity contribution in [2.45, 2.75) is 6.92 Å². The molecule has 0 aliphatic heterocycles. The van der Waals surface area contributed by atoms with Gasteiger partial charge in [0, 0.05) is 19.2 Å². The molecule has 0 unspecified atom stereocenters. The lowest BCUT2D eigenvalue weighted by Gasteiger charge is -2.11. The molecule has 0 bridgehead atoms. The molecular weight excluding hydrogens is 476 g/mol. The summed E-state index contributed by atoms with van der Waals surface area (Å²) in [6, 6.07) is 10.7. The van der Waals surface area contributed by atoms with E-state index in [0.29, 0.717) is 34.4 Å². The Morgan fingerprint density at radius 1 is 1.08 bits per heavy atom. The first-order valence-electron chi connectivity index (χ1n) is 11.6. The van der Waals surface area contributed by atoms with Crippen molar-refractivity contribution >= 4 is 44.8 Å². The quantitative estimate of drug-likeness (QED) is 0.274. The average molecular weight is 503 g/mol. The first-order chi connectivity index (χ1) is 17.8. The smallest absolute Gasteiger partial charge is 0.276 e. The molecule has 5 rings (SSSR count). The number of aromatic nitrogens is 6. The van der Waals surface area contributed by atoms with Gasteiger partial charge in [-0.2, -0.15) is 0 Å². The molecule has 0 atom stereocenters. The van der Waals surface area contributed by atoms with Crippen LogP contribution >= 0.6 is 0 Å². The summed E-state index contributed by atoms with van der Waals surface area (Å²) in [5.41, 5.74) is 2.18. The lowest BCUT2D eigenvalue weighted by Crippen LogP contribution is -2.34. The summed E-state index contributed by atoms with van der Waals surface area (Å²) in [7, 11) is 3.86. The van der Waals surface area contributed by atoms with E-state index in [-0.39, 0.29) is 29.3 Å². The highest BCUT2D eigenvalue weighted by Crippen LogP contribution is 2.24. The Bertz CT molecular complexity index is 1830. The molecule has 12 heteroatoms. The summed E-state index contributed by atoms with van der Waals surface area (Å²) in [6.07, 6.45) is 1.29. The van der Waals surface area contributed by atoms with Crippen molar-refractivity contribution in [2.24, 2.45) is 0 Å². The van der Waals surface area contributed by atoms with E-state index in [0.717, 1.165) is 12.1 Å². The van der Waals surface area contributed by atoms with Crippen molar-refractivity contribution in [1.29, 1.82) is 0 Å². The highest BCUT2D eigenvalue weighted by molar-refractivity contribution is 5.88. The van der Waals surface area contributed by atoms with Gasteiger partial charge < -0.3 is 24.9 Å². The predicted molar refractivity (Wildman–Crippen MR) is 141 cm³/mol. The Labute approximate surface area is 209 Å². The number of aryl methyl sites for hydroxylation is 1. The number of hydrogen-bond acceptors (Lipinski definition) is 7. The van der Waals surface area contributed by atoms with Crippen LogP contribution in [0.5, 0.6) is 5.75 Å². The topological polar surface area (TPSA) is 153 Å². The van der Waals surface area contributed by atoms with Crippen molar-refractivity contribution < 1.29 is 9.53 Å². The number of amides is 1. The largest absolute Gasteiger partial charge is 0.484 e. The number of ether oxygens (including phenoxy) is 1. The second kappa shape index (κ2) is 9.74. The molecule has 1 amide bonds. The van der Waals surface area contributed by atoms with Gasteiger partial charge in [0.05, 0.1) is 28.4 Å². The van der Waals surface area contributed by atoms with Gasteiger partial charge >= 0.3 is 0 Å². The van der Waals surface area contributed by atoms with Gasteiger partial charge in [0.2, 0.25) is 5.78 Å². The fourth-order valence-corrected chi connectivity index (χ4v) is 4.01. The van der Waals surface area contributed by atoms with Crippen LogP contribution in [0.2, 0.25) is 0 Å². The maximum absolute atomic E-state index is 13.0. The van der Waals surface area contributed by atoms with Crippen LogP contribution in [0.3, 0.4) is 0 Å². The molecule has 0 aliphatic carbocycles. The standard InChI is InChI=1S/C25H26N8O4/c1-14-4-6-16-18(10-14)33-19-11-15(37-12-20(34)26-8-9-32(2)3)5-7-17(19)30-25(33)31-24(36)22-21(23(35)29-16)27-13-28-22/h4-7,10-11,13H,8-9,12H2,1-3H3,(H,26,34)(H,27,28)(H,29,35)(H,30,31,36). The third-order valence-corrected chi connectivity index (χ3v) is 5.83. The zero-order valence-corrected chi connectivity index (χ0v) is 20.6. The van der Waals surface area contributed by atoms with Crippen LogP contribution in [0, 0.1) is 6.92 Å². The van der Waals surface area contributed by atoms with Gasteiger partial charge in [-0.1, -0.05) is 6.07 Å². The van der Waals surface area contributed by atoms with E-state index in [2.05, 4.69) is 30.2 Å². The van der Waals surface area contributed by atoms with Crippen molar-refractivity contribution in [3.63, 3.8) is 0 Å². The second-order valence-electron chi connectivity index (χ2n) is 8.92. The van der Waals surface area contributed by atoms with Crippen molar-refractivity contribution in [3.05, 3.63) is 69.0 Å². The summed E-state index contributed by atoms with van der Waals surface area (Å²) in [5.74, 6) is 0.474. The Kier molecular flexibility index (Phi) is 6.32. The molecule has 2 aromatic carbocycles. The Hall–Kier alpha value is -4.71. The number of aromatic amines is 3. The van der Waals surface area contributed by atoms with E-state index in [1.807, 2.05) is 38.1 Å². The van der Waals surface area contributed by atoms with Crippen LogP contribution in [0.15, 0.2) is 52.3 Å². The van der Waals surface area contributed by atoms with Crippen LogP contribution in [0.4, 0.5) is 0 Å². The van der Waals surface area contributed by atoms with Crippen LogP contribution < -0.4 is 21.2 Å². The number of carbonyl (C=O) groups excluding carboxylic acids is 1. The highest BCUT2D eigenvalue weighted by atomic mass is 16.5. The molecule has 190 valence electrons. The zero-order chi connectivity index (χ0) is 26.1. The molecule has 0 radical (unpaired) electrons. The fourth-order valence-electron chi connectivity index (χ4n) is 4.01. The van der Waals surface area contributed by atoms with Crippen molar-refractivity contribution in [2.75, 3.05) is 33.8 Å². The van der Waals surface area contributed by atoms with Gasteiger partial charge in [-0.3, -0.25) is 23.8 Å². The fraction of sp³-hybridized carbons (Fsp3) is 0.240. The van der Waals surface area contributed by atoms with Gasteiger partial charge in [-0.25, -0.2) is 9.97 Å². The van der Waals surface area contributed by atoms with Crippen LogP contribution in [0.25, 0.3) is 38.9 Å². The van der Waals surface area contributed by atoms with E-state index in [1.54, 1.807) is 28.7 Å². The van der Waals surface area contributed by atoms with Gasteiger partial charge in [-0.05, 0) is 50.8 Å². The lowest BCUT2D eigenvalue weighted by atomic mass is 10.2. The Morgan fingerprint density at radius 2 is 1.92 bits per heavy atom. The minimum atomic E-state index is -0.554. The maximum Gasteiger partial charge on any atom is 0.276 e. The summed E-state index contributed by atoms with van der Waals surface area (Å²) in [6.45, 7) is 3.02. The molecule has 0 spiro atoms. The Morgan fingerprint density at radius 3 is 2.73 bits per heavy atom. The maximum atomic E-state index is 13.0. The molecule has 0 fully saturated rings. The van der Waals surface area contributed by atoms with E-state index >= 15 is 0 Å². The summed E-state index contributed by atoms with van der Waals surface area (Å²) < 4.78 is 7.48. The molecule has 4 N–H and O–H groups in total. The number of imidazole rings is 2. The number of nitrogens with one attached hydrogen (secondary N) is 4. The van der Waals surface area contributed by atoms with Crippen molar-refractivity contribution in [1.82, 2.24) is 39.5 Å². The zero-order valence-electron chi connectivity index (χ0n) is 20.6. The molecule has 0 aliphatic rings. The minimum Gasteiger partial charge on any atom is -0.484 e. The summed E-state index contributed by atoms with van der Waals surface area (Å²) in [5, 5.41) is 2.81.